The van der Waals surface area contributed by atoms with E-state index in [1.807, 2.05) is 12.1 Å². The first-order valence-electron chi connectivity index (χ1n) is 6.18. The van der Waals surface area contributed by atoms with Crippen LogP contribution in [0.4, 0.5) is 5.69 Å². The molecule has 1 aliphatic heterocycles. The Kier molecular flexibility index (Phi) is 3.37. The zero-order chi connectivity index (χ0) is 12.6. The van der Waals surface area contributed by atoms with Crippen LogP contribution in [0.5, 0.6) is 0 Å². The number of nitrogens with one attached hydrogen (secondary N) is 1. The minimum Gasteiger partial charge on any atom is -0.361 e. The van der Waals surface area contributed by atoms with Gasteiger partial charge < -0.3 is 10.2 Å². The normalized spacial score (nSPS) is 23.8. The van der Waals surface area contributed by atoms with Crippen LogP contribution in [0, 0.1) is 6.92 Å². The molecule has 0 radical (unpaired) electrons. The van der Waals surface area contributed by atoms with E-state index < -0.39 is 0 Å². The minimum absolute atomic E-state index is 0.135. The molecular weight excluding hydrogens is 232 g/mol. The molecule has 1 saturated heterocycles. The molecule has 17 heavy (non-hydrogen) atoms. The van der Waals surface area contributed by atoms with Gasteiger partial charge in [-0.3, -0.25) is 0 Å². The lowest BCUT2D eigenvalue weighted by molar-refractivity contribution is 0.333. The first-order chi connectivity index (χ1) is 7.92. The highest BCUT2D eigenvalue weighted by molar-refractivity contribution is 6.30. The third-order valence-corrected chi connectivity index (χ3v) is 3.74. The van der Waals surface area contributed by atoms with Crippen LogP contribution in [-0.4, -0.2) is 24.7 Å². The first kappa shape index (κ1) is 12.7. The quantitative estimate of drug-likeness (QED) is 0.826. The van der Waals surface area contributed by atoms with Crippen molar-refractivity contribution in [3.05, 3.63) is 28.8 Å². The Balaban J connectivity index is 2.42. The van der Waals surface area contributed by atoms with E-state index in [0.29, 0.717) is 6.04 Å². The number of halogens is 1. The molecule has 2 nitrogen and oxygen atoms in total. The van der Waals surface area contributed by atoms with Crippen molar-refractivity contribution in [1.29, 1.82) is 0 Å². The van der Waals surface area contributed by atoms with Crippen LogP contribution < -0.4 is 10.2 Å². The molecule has 1 atom stereocenters. The van der Waals surface area contributed by atoms with Crippen LogP contribution in [0.25, 0.3) is 0 Å². The highest BCUT2D eigenvalue weighted by Crippen LogP contribution is 2.32. The molecule has 1 aliphatic rings. The molecule has 0 bridgehead atoms. The molecule has 1 fully saturated rings. The van der Waals surface area contributed by atoms with Crippen molar-refractivity contribution >= 4 is 17.3 Å². The molecule has 2 rings (SSSR count). The van der Waals surface area contributed by atoms with E-state index >= 15 is 0 Å². The number of nitrogens with zero attached hydrogens (tertiary/aromatic N) is 1. The van der Waals surface area contributed by atoms with Crippen molar-refractivity contribution in [1.82, 2.24) is 5.32 Å². The van der Waals surface area contributed by atoms with Crippen LogP contribution in [-0.2, 0) is 0 Å². The van der Waals surface area contributed by atoms with Crippen LogP contribution in [0.1, 0.15) is 26.3 Å². The van der Waals surface area contributed by atoms with Crippen molar-refractivity contribution in [2.24, 2.45) is 0 Å². The van der Waals surface area contributed by atoms with Crippen LogP contribution in [0.3, 0.4) is 0 Å². The Morgan fingerprint density at radius 3 is 2.71 bits per heavy atom. The summed E-state index contributed by atoms with van der Waals surface area (Å²) < 4.78 is 0. The molecule has 0 saturated carbocycles. The van der Waals surface area contributed by atoms with E-state index in [0.717, 1.165) is 18.1 Å². The highest BCUT2D eigenvalue weighted by Gasteiger charge is 2.34. The Bertz CT molecular complexity index is 415. The summed E-state index contributed by atoms with van der Waals surface area (Å²) in [7, 11) is 0. The van der Waals surface area contributed by atoms with Gasteiger partial charge in [0, 0.05) is 35.4 Å². The second-order valence-corrected chi connectivity index (χ2v) is 6.03. The van der Waals surface area contributed by atoms with Crippen molar-refractivity contribution in [3.8, 4) is 0 Å². The van der Waals surface area contributed by atoms with Gasteiger partial charge in [-0.25, -0.2) is 0 Å². The number of anilines is 1. The van der Waals surface area contributed by atoms with Crippen LogP contribution >= 0.6 is 11.6 Å². The smallest absolute Gasteiger partial charge is 0.0473 e. The third-order valence-electron chi connectivity index (χ3n) is 3.51. The first-order valence-corrected chi connectivity index (χ1v) is 6.56. The van der Waals surface area contributed by atoms with E-state index in [4.69, 9.17) is 11.6 Å². The Labute approximate surface area is 109 Å². The molecule has 0 spiro atoms. The number of benzene rings is 1. The molecule has 3 heteroatoms. The van der Waals surface area contributed by atoms with Crippen molar-refractivity contribution in [2.75, 3.05) is 18.0 Å². The summed E-state index contributed by atoms with van der Waals surface area (Å²) in [5.74, 6) is 0. The zero-order valence-electron chi connectivity index (χ0n) is 11.0. The van der Waals surface area contributed by atoms with E-state index in [1.165, 1.54) is 11.3 Å². The van der Waals surface area contributed by atoms with Gasteiger partial charge in [0.1, 0.15) is 0 Å². The molecule has 0 aliphatic carbocycles. The van der Waals surface area contributed by atoms with Crippen molar-refractivity contribution < 1.29 is 0 Å². The van der Waals surface area contributed by atoms with Crippen LogP contribution in [0.15, 0.2) is 18.2 Å². The SMILES string of the molecule is Cc1cc(Cl)ccc1N1C(C)CNCC1(C)C. The summed E-state index contributed by atoms with van der Waals surface area (Å²) in [5, 5.41) is 4.30. The predicted molar refractivity (Wildman–Crippen MR) is 75.1 cm³/mol. The zero-order valence-corrected chi connectivity index (χ0v) is 11.8. The highest BCUT2D eigenvalue weighted by atomic mass is 35.5. The van der Waals surface area contributed by atoms with Gasteiger partial charge in [-0.1, -0.05) is 11.6 Å². The summed E-state index contributed by atoms with van der Waals surface area (Å²) in [6.07, 6.45) is 0. The summed E-state index contributed by atoms with van der Waals surface area (Å²) in [5.41, 5.74) is 2.68. The van der Waals surface area contributed by atoms with E-state index in [1.54, 1.807) is 0 Å². The lowest BCUT2D eigenvalue weighted by Gasteiger charge is -2.49. The Morgan fingerprint density at radius 1 is 1.41 bits per heavy atom. The van der Waals surface area contributed by atoms with Gasteiger partial charge in [0.2, 0.25) is 0 Å². The van der Waals surface area contributed by atoms with E-state index in [2.05, 4.69) is 44.0 Å². The second-order valence-electron chi connectivity index (χ2n) is 5.59. The topological polar surface area (TPSA) is 15.3 Å². The number of hydrogen-bond donors (Lipinski definition) is 1. The molecule has 1 N–H and O–H groups in total. The fourth-order valence-electron chi connectivity index (χ4n) is 2.81. The molecule has 1 unspecified atom stereocenters. The van der Waals surface area contributed by atoms with E-state index in [-0.39, 0.29) is 5.54 Å². The largest absolute Gasteiger partial charge is 0.361 e. The molecular formula is C14H21ClN2. The maximum absolute atomic E-state index is 6.03. The average molecular weight is 253 g/mol. The summed E-state index contributed by atoms with van der Waals surface area (Å²) in [6.45, 7) is 11.0. The lowest BCUT2D eigenvalue weighted by Crippen LogP contribution is -2.62. The second kappa shape index (κ2) is 4.51. The monoisotopic (exact) mass is 252 g/mol. The van der Waals surface area contributed by atoms with Gasteiger partial charge in [-0.15, -0.1) is 0 Å². The average Bonchev–Trinajstić information content (AvgIpc) is 2.20. The lowest BCUT2D eigenvalue weighted by atomic mass is 9.94. The fraction of sp³-hybridized carbons (Fsp3) is 0.571. The van der Waals surface area contributed by atoms with Gasteiger partial charge in [0.15, 0.2) is 0 Å². The molecule has 0 amide bonds. The van der Waals surface area contributed by atoms with Crippen LogP contribution in [0.2, 0.25) is 5.02 Å². The third kappa shape index (κ3) is 2.43. The van der Waals surface area contributed by atoms with Gasteiger partial charge in [-0.2, -0.15) is 0 Å². The molecule has 1 heterocycles. The molecule has 1 aromatic carbocycles. The standard InChI is InChI=1S/C14H21ClN2/c1-10-7-12(15)5-6-13(10)17-11(2)8-16-9-14(17,3)4/h5-7,11,16H,8-9H2,1-4H3. The maximum atomic E-state index is 6.03. The minimum atomic E-state index is 0.135. The fourth-order valence-corrected chi connectivity index (χ4v) is 3.04. The van der Waals surface area contributed by atoms with Gasteiger partial charge in [-0.05, 0) is 51.5 Å². The Hall–Kier alpha value is -0.730. The van der Waals surface area contributed by atoms with Crippen molar-refractivity contribution in [3.63, 3.8) is 0 Å². The number of hydrogen-bond acceptors (Lipinski definition) is 2. The van der Waals surface area contributed by atoms with Crippen molar-refractivity contribution in [2.45, 2.75) is 39.3 Å². The van der Waals surface area contributed by atoms with Gasteiger partial charge in [0.25, 0.3) is 0 Å². The summed E-state index contributed by atoms with van der Waals surface area (Å²) >= 11 is 6.03. The molecule has 94 valence electrons. The van der Waals surface area contributed by atoms with Gasteiger partial charge in [0.05, 0.1) is 0 Å². The number of aryl methyl sites for hydroxylation is 1. The van der Waals surface area contributed by atoms with Gasteiger partial charge >= 0.3 is 0 Å². The summed E-state index contributed by atoms with van der Waals surface area (Å²) in [4.78, 5) is 2.51. The predicted octanol–water partition coefficient (Wildman–Crippen LogP) is 3.23. The Morgan fingerprint density at radius 2 is 2.12 bits per heavy atom. The molecule has 1 aromatic rings. The summed E-state index contributed by atoms with van der Waals surface area (Å²) in [6, 6.07) is 6.66. The number of piperazine rings is 1. The molecule has 0 aromatic heterocycles. The maximum Gasteiger partial charge on any atom is 0.0473 e. The number of rotatable bonds is 1. The van der Waals surface area contributed by atoms with E-state index in [9.17, 15) is 0 Å².